The average Bonchev–Trinajstić information content (AvgIpc) is 2.81. The zero-order valence-corrected chi connectivity index (χ0v) is 13.3. The average molecular weight is 409 g/mol. The van der Waals surface area contributed by atoms with Crippen LogP contribution in [0.2, 0.25) is 0 Å². The van der Waals surface area contributed by atoms with Crippen molar-refractivity contribution in [1.82, 2.24) is 0 Å². The Bertz CT molecular complexity index is 656. The van der Waals surface area contributed by atoms with Crippen LogP contribution in [0, 0.1) is 20.3 Å². The Labute approximate surface area is 132 Å². The van der Waals surface area contributed by atoms with Gasteiger partial charge in [-0.3, -0.25) is 0 Å². The van der Waals surface area contributed by atoms with Gasteiger partial charge < -0.3 is 5.32 Å². The SMILES string of the molecule is Fc1ccc(NC2CCCc3sc(I)cc32)c(F)c1F. The first-order chi connectivity index (χ1) is 9.56. The van der Waals surface area contributed by atoms with Gasteiger partial charge in [-0.2, -0.15) is 0 Å². The summed E-state index contributed by atoms with van der Waals surface area (Å²) in [4.78, 5) is 1.29. The Morgan fingerprint density at radius 2 is 2.00 bits per heavy atom. The first-order valence-electron chi connectivity index (χ1n) is 6.24. The molecule has 0 fully saturated rings. The fourth-order valence-electron chi connectivity index (χ4n) is 2.50. The van der Waals surface area contributed by atoms with Gasteiger partial charge in [0.05, 0.1) is 14.6 Å². The molecule has 0 spiro atoms. The lowest BCUT2D eigenvalue weighted by molar-refractivity contribution is 0.447. The van der Waals surface area contributed by atoms with E-state index >= 15 is 0 Å². The number of nitrogens with one attached hydrogen (secondary N) is 1. The van der Waals surface area contributed by atoms with Crippen molar-refractivity contribution in [3.05, 3.63) is 49.0 Å². The largest absolute Gasteiger partial charge is 0.376 e. The van der Waals surface area contributed by atoms with Gasteiger partial charge in [-0.1, -0.05) is 0 Å². The Hall–Kier alpha value is -0.760. The summed E-state index contributed by atoms with van der Waals surface area (Å²) in [5.41, 5.74) is 1.16. The minimum absolute atomic E-state index is 0.0166. The van der Waals surface area contributed by atoms with E-state index in [-0.39, 0.29) is 11.7 Å². The van der Waals surface area contributed by atoms with Crippen molar-refractivity contribution < 1.29 is 13.2 Å². The van der Waals surface area contributed by atoms with E-state index in [0.29, 0.717) is 0 Å². The summed E-state index contributed by atoms with van der Waals surface area (Å²) in [6.07, 6.45) is 2.90. The summed E-state index contributed by atoms with van der Waals surface area (Å²) in [5.74, 6) is -3.74. The number of anilines is 1. The fourth-order valence-corrected chi connectivity index (χ4v) is 4.62. The van der Waals surface area contributed by atoms with Crippen LogP contribution < -0.4 is 5.32 Å². The van der Waals surface area contributed by atoms with Gasteiger partial charge in [-0.25, -0.2) is 13.2 Å². The van der Waals surface area contributed by atoms with Crippen molar-refractivity contribution in [3.63, 3.8) is 0 Å². The Kier molecular flexibility index (Phi) is 3.94. The highest BCUT2D eigenvalue weighted by atomic mass is 127. The number of hydrogen-bond acceptors (Lipinski definition) is 2. The summed E-state index contributed by atoms with van der Waals surface area (Å²) in [5, 5.41) is 3.01. The van der Waals surface area contributed by atoms with Gasteiger partial charge in [0.25, 0.3) is 0 Å². The molecule has 1 aromatic carbocycles. The van der Waals surface area contributed by atoms with Crippen molar-refractivity contribution in [1.29, 1.82) is 0 Å². The van der Waals surface area contributed by atoms with Gasteiger partial charge >= 0.3 is 0 Å². The number of fused-ring (bicyclic) bond motifs is 1. The van der Waals surface area contributed by atoms with Crippen molar-refractivity contribution in [2.45, 2.75) is 25.3 Å². The summed E-state index contributed by atoms with van der Waals surface area (Å²) >= 11 is 4.00. The number of benzene rings is 1. The normalized spacial score (nSPS) is 17.9. The van der Waals surface area contributed by atoms with Gasteiger partial charge in [-0.15, -0.1) is 11.3 Å². The van der Waals surface area contributed by atoms with Crippen molar-refractivity contribution in [2.24, 2.45) is 0 Å². The van der Waals surface area contributed by atoms with Crippen LogP contribution in [0.3, 0.4) is 0 Å². The highest BCUT2D eigenvalue weighted by Gasteiger charge is 2.24. The molecule has 0 amide bonds. The minimum Gasteiger partial charge on any atom is -0.376 e. The van der Waals surface area contributed by atoms with E-state index < -0.39 is 17.5 Å². The molecule has 3 rings (SSSR count). The maximum atomic E-state index is 13.7. The van der Waals surface area contributed by atoms with Gasteiger partial charge in [0.1, 0.15) is 0 Å². The van der Waals surface area contributed by atoms with Gasteiger partial charge in [0.15, 0.2) is 17.5 Å². The second-order valence-corrected chi connectivity index (χ2v) is 7.77. The van der Waals surface area contributed by atoms with Gasteiger partial charge in [0, 0.05) is 4.88 Å². The zero-order chi connectivity index (χ0) is 14.3. The molecule has 1 N–H and O–H groups in total. The topological polar surface area (TPSA) is 12.0 Å². The molecular formula is C14H11F3INS. The number of halogens is 4. The van der Waals surface area contributed by atoms with Crippen LogP contribution in [0.15, 0.2) is 18.2 Å². The minimum atomic E-state index is -1.43. The highest BCUT2D eigenvalue weighted by Crippen LogP contribution is 2.38. The molecule has 106 valence electrons. The summed E-state index contributed by atoms with van der Waals surface area (Å²) in [7, 11) is 0. The molecule has 1 atom stereocenters. The van der Waals surface area contributed by atoms with Crippen molar-refractivity contribution >= 4 is 39.6 Å². The number of thiophene rings is 1. The molecule has 0 bridgehead atoms. The first-order valence-corrected chi connectivity index (χ1v) is 8.14. The lowest BCUT2D eigenvalue weighted by Crippen LogP contribution is -2.16. The molecule has 0 radical (unpaired) electrons. The van der Waals surface area contributed by atoms with Crippen LogP contribution >= 0.6 is 33.9 Å². The molecule has 0 saturated heterocycles. The van der Waals surface area contributed by atoms with E-state index in [1.54, 1.807) is 11.3 Å². The summed E-state index contributed by atoms with van der Waals surface area (Å²) < 4.78 is 41.1. The van der Waals surface area contributed by atoms with Crippen molar-refractivity contribution in [3.8, 4) is 0 Å². The van der Waals surface area contributed by atoms with Crippen LogP contribution in [0.1, 0.15) is 29.3 Å². The third-order valence-electron chi connectivity index (χ3n) is 3.45. The third kappa shape index (κ3) is 2.55. The van der Waals surface area contributed by atoms with E-state index in [1.165, 1.54) is 13.8 Å². The number of hydrogen-bond donors (Lipinski definition) is 1. The lowest BCUT2D eigenvalue weighted by atomic mass is 9.94. The fraction of sp³-hybridized carbons (Fsp3) is 0.286. The monoisotopic (exact) mass is 409 g/mol. The van der Waals surface area contributed by atoms with E-state index in [2.05, 4.69) is 34.0 Å². The van der Waals surface area contributed by atoms with Crippen LogP contribution in [-0.2, 0) is 6.42 Å². The molecule has 1 nitrogen and oxygen atoms in total. The van der Waals surface area contributed by atoms with Crippen LogP contribution in [0.4, 0.5) is 18.9 Å². The molecule has 0 aliphatic heterocycles. The quantitative estimate of drug-likeness (QED) is 0.527. The lowest BCUT2D eigenvalue weighted by Gasteiger charge is -2.25. The van der Waals surface area contributed by atoms with Crippen molar-refractivity contribution in [2.75, 3.05) is 5.32 Å². The standard InChI is InChI=1S/C14H11F3INS/c15-8-4-5-10(14(17)13(8)16)19-9-2-1-3-11-7(9)6-12(18)20-11/h4-6,9,19H,1-3H2. The van der Waals surface area contributed by atoms with E-state index in [1.807, 2.05) is 0 Å². The Balaban J connectivity index is 1.91. The summed E-state index contributed by atoms with van der Waals surface area (Å²) in [6.45, 7) is 0. The Morgan fingerprint density at radius 3 is 2.80 bits per heavy atom. The van der Waals surface area contributed by atoms with E-state index in [0.717, 1.165) is 30.9 Å². The van der Waals surface area contributed by atoms with E-state index in [4.69, 9.17) is 0 Å². The van der Waals surface area contributed by atoms with Crippen LogP contribution in [0.25, 0.3) is 0 Å². The Morgan fingerprint density at radius 1 is 1.20 bits per heavy atom. The molecule has 1 heterocycles. The molecule has 1 aliphatic carbocycles. The first kappa shape index (κ1) is 14.2. The van der Waals surface area contributed by atoms with Gasteiger partial charge in [0.2, 0.25) is 0 Å². The number of aryl methyl sites for hydroxylation is 1. The second-order valence-electron chi connectivity index (χ2n) is 4.74. The smallest absolute Gasteiger partial charge is 0.196 e. The summed E-state index contributed by atoms with van der Waals surface area (Å²) in [6, 6.07) is 4.23. The molecule has 1 aliphatic rings. The van der Waals surface area contributed by atoms with Crippen LogP contribution in [-0.4, -0.2) is 0 Å². The maximum absolute atomic E-state index is 13.7. The molecule has 6 heteroatoms. The van der Waals surface area contributed by atoms with Gasteiger partial charge in [-0.05, 0) is 65.6 Å². The van der Waals surface area contributed by atoms with E-state index in [9.17, 15) is 13.2 Å². The van der Waals surface area contributed by atoms with Crippen LogP contribution in [0.5, 0.6) is 0 Å². The molecule has 1 aromatic heterocycles. The predicted octanol–water partition coefficient (Wildman–Crippen LogP) is 5.26. The predicted molar refractivity (Wildman–Crippen MR) is 82.7 cm³/mol. The molecular weight excluding hydrogens is 398 g/mol. The zero-order valence-electron chi connectivity index (χ0n) is 10.4. The second kappa shape index (κ2) is 5.55. The third-order valence-corrected chi connectivity index (χ3v) is 5.42. The molecule has 1 unspecified atom stereocenters. The molecule has 20 heavy (non-hydrogen) atoms. The highest BCUT2D eigenvalue weighted by molar-refractivity contribution is 14.1. The molecule has 0 saturated carbocycles. The maximum Gasteiger partial charge on any atom is 0.196 e. The number of rotatable bonds is 2. The molecule has 2 aromatic rings.